The lowest BCUT2D eigenvalue weighted by Crippen LogP contribution is -2.51. The number of ether oxygens (including phenoxy) is 3. The van der Waals surface area contributed by atoms with Crippen LogP contribution in [-0.2, 0) is 20.9 Å². The molecule has 4 saturated heterocycles. The first-order valence-electron chi connectivity index (χ1n) is 27.9. The maximum absolute atomic E-state index is 15.9. The molecule has 5 fully saturated rings. The van der Waals surface area contributed by atoms with Crippen LogP contribution in [-0.4, -0.2) is 117 Å². The third-order valence-electron chi connectivity index (χ3n) is 15.6. The number of H-pyrrole nitrogens is 1. The zero-order valence-corrected chi connectivity index (χ0v) is 46.2. The van der Waals surface area contributed by atoms with Crippen molar-refractivity contribution < 1.29 is 28.2 Å². The number of likely N-dealkylation sites (tertiary alicyclic amines) is 2. The number of aromatic amines is 1. The summed E-state index contributed by atoms with van der Waals surface area (Å²) in [6, 6.07) is 12.6. The summed E-state index contributed by atoms with van der Waals surface area (Å²) in [6.45, 7) is 25.6. The second-order valence-corrected chi connectivity index (χ2v) is 21.9. The third-order valence-corrected chi connectivity index (χ3v) is 15.6. The van der Waals surface area contributed by atoms with Gasteiger partial charge in [0.1, 0.15) is 30.1 Å². The van der Waals surface area contributed by atoms with Crippen LogP contribution in [0.3, 0.4) is 0 Å². The molecular formula is C60H83FN8O5. The number of benzene rings is 3. The van der Waals surface area contributed by atoms with Gasteiger partial charge in [-0.05, 0) is 123 Å². The lowest BCUT2D eigenvalue weighted by atomic mass is 9.88. The van der Waals surface area contributed by atoms with Gasteiger partial charge < -0.3 is 34.2 Å². The van der Waals surface area contributed by atoms with Gasteiger partial charge in [-0.15, -0.1) is 0 Å². The van der Waals surface area contributed by atoms with Crippen LogP contribution in [0.25, 0.3) is 38.6 Å². The highest BCUT2D eigenvalue weighted by molar-refractivity contribution is 6.04. The summed E-state index contributed by atoms with van der Waals surface area (Å²) in [5.41, 5.74) is 8.40. The van der Waals surface area contributed by atoms with Gasteiger partial charge in [0.15, 0.2) is 11.5 Å². The number of fused-ring (bicyclic) bond motifs is 2. The van der Waals surface area contributed by atoms with Crippen LogP contribution in [0.1, 0.15) is 160 Å². The fourth-order valence-corrected chi connectivity index (χ4v) is 11.3. The van der Waals surface area contributed by atoms with Crippen LogP contribution in [0.15, 0.2) is 48.8 Å². The zero-order chi connectivity index (χ0) is 52.8. The molecule has 74 heavy (non-hydrogen) atoms. The van der Waals surface area contributed by atoms with Crippen LogP contribution >= 0.6 is 0 Å². The summed E-state index contributed by atoms with van der Waals surface area (Å²) >= 11 is 0. The van der Waals surface area contributed by atoms with E-state index in [4.69, 9.17) is 24.2 Å². The summed E-state index contributed by atoms with van der Waals surface area (Å²) < 4.78 is 35.2. The predicted octanol–water partition coefficient (Wildman–Crippen LogP) is 11.7. The molecule has 400 valence electrons. The first-order valence-corrected chi connectivity index (χ1v) is 27.9. The Kier molecular flexibility index (Phi) is 18.0. The van der Waals surface area contributed by atoms with Gasteiger partial charge in [-0.1, -0.05) is 79.7 Å². The number of halogens is 1. The third kappa shape index (κ3) is 12.1. The van der Waals surface area contributed by atoms with Gasteiger partial charge in [0, 0.05) is 73.7 Å². The van der Waals surface area contributed by atoms with Crippen molar-refractivity contribution >= 4 is 39.2 Å². The van der Waals surface area contributed by atoms with Crippen molar-refractivity contribution in [2.75, 3.05) is 46.4 Å². The van der Waals surface area contributed by atoms with Crippen LogP contribution in [0.5, 0.6) is 11.8 Å². The summed E-state index contributed by atoms with van der Waals surface area (Å²) in [6.07, 6.45) is 12.7. The number of aromatic nitrogens is 4. The van der Waals surface area contributed by atoms with E-state index in [1.165, 1.54) is 25.5 Å². The van der Waals surface area contributed by atoms with Crippen molar-refractivity contribution in [2.24, 2.45) is 11.8 Å². The monoisotopic (exact) mass is 1010 g/mol. The molecule has 5 aromatic rings. The number of hydrogen-bond acceptors (Lipinski definition) is 11. The molecule has 4 aliphatic heterocycles. The molecule has 4 atom stereocenters. The normalized spacial score (nSPS) is 20.6. The molecule has 0 spiro atoms. The molecule has 10 rings (SSSR count). The number of Topliss-reactive ketones (excluding diaryl/α,β-unsaturated/α-hetero) is 1. The fraction of sp³-hybridized carbons (Fsp3) is 0.583. The molecule has 2 N–H and O–H groups in total. The average Bonchev–Trinajstić information content (AvgIpc) is 3.66. The van der Waals surface area contributed by atoms with E-state index in [1.807, 2.05) is 32.7 Å². The number of nitrogens with zero attached hydrogens (tertiary/aromatic N) is 6. The number of amides is 1. The van der Waals surface area contributed by atoms with E-state index < -0.39 is 6.04 Å². The molecule has 1 saturated carbocycles. The quantitative estimate of drug-likeness (QED) is 0.0977. The summed E-state index contributed by atoms with van der Waals surface area (Å²) in [5.74, 6) is 1.62. The molecule has 6 heterocycles. The van der Waals surface area contributed by atoms with Gasteiger partial charge in [0.05, 0.1) is 42.4 Å². The number of hydrogen-bond donors (Lipinski definition) is 2. The highest BCUT2D eigenvalue weighted by Gasteiger charge is 2.39. The van der Waals surface area contributed by atoms with Gasteiger partial charge in [0.25, 0.3) is 0 Å². The number of carbonyl (C=O) groups is 2. The van der Waals surface area contributed by atoms with Crippen molar-refractivity contribution in [1.82, 2.24) is 40.2 Å². The van der Waals surface area contributed by atoms with Crippen molar-refractivity contribution in [2.45, 2.75) is 170 Å². The van der Waals surface area contributed by atoms with Gasteiger partial charge in [-0.3, -0.25) is 14.7 Å². The zero-order valence-electron chi connectivity index (χ0n) is 46.2. The van der Waals surface area contributed by atoms with Crippen molar-refractivity contribution in [3.8, 4) is 22.9 Å². The van der Waals surface area contributed by atoms with Gasteiger partial charge in [-0.25, -0.2) is 4.39 Å². The summed E-state index contributed by atoms with van der Waals surface area (Å²) in [5, 5.41) is 12.5. The lowest BCUT2D eigenvalue weighted by molar-refractivity contribution is -0.141. The molecule has 3 unspecified atom stereocenters. The largest absolute Gasteiger partial charge is 0.486 e. The van der Waals surface area contributed by atoms with Crippen molar-refractivity contribution in [3.05, 3.63) is 82.6 Å². The van der Waals surface area contributed by atoms with Crippen molar-refractivity contribution in [3.63, 3.8) is 0 Å². The molecule has 1 amide bonds. The number of carbonyl (C=O) groups excluding carboxylic acids is 2. The standard InChI is InChI=1S/C51H62FN7O5.C7H15N.C2H6/c1-29(2)46-38-24-37(34-15-16-34)45(44-31(5)40(52)25-41-39(44)26-53-56-41)49(47(38)55-51(54-46)64-36-17-22-62-23-18-36)63-28-33-11-13-35(14-12-33)43(58-19-9-20-58)27-57(7)48(30(3)4)50(61)59-21-8-10-42(59)32(6)60;1-3-7-4-6(2)5-8-7;1-2/h11-14,24-27,29-30,34,36,42,48H,8-10,15-23,28H2,1-7H3,(H,53,56);6-8H,3-5H2,1-2H3;1-2H3/b43-27-;;/t;6-,7?;/m.0./s1. The molecule has 1 aliphatic carbocycles. The Bertz CT molecular complexity index is 2760. The highest BCUT2D eigenvalue weighted by atomic mass is 19.1. The molecule has 5 aliphatic rings. The molecule has 14 heteroatoms. The van der Waals surface area contributed by atoms with E-state index in [1.54, 1.807) is 18.0 Å². The van der Waals surface area contributed by atoms with E-state index in [2.05, 4.69) is 98.5 Å². The van der Waals surface area contributed by atoms with Crippen molar-refractivity contribution in [1.29, 1.82) is 0 Å². The minimum absolute atomic E-state index is 0.00884. The lowest BCUT2D eigenvalue weighted by Gasteiger charge is -2.39. The summed E-state index contributed by atoms with van der Waals surface area (Å²) in [4.78, 5) is 42.9. The second-order valence-electron chi connectivity index (χ2n) is 21.9. The van der Waals surface area contributed by atoms with E-state index in [-0.39, 0.29) is 54.0 Å². The Hall–Kier alpha value is -5.60. The molecule has 0 radical (unpaired) electrons. The molecule has 13 nitrogen and oxygen atoms in total. The van der Waals surface area contributed by atoms with E-state index in [0.717, 1.165) is 120 Å². The van der Waals surface area contributed by atoms with Gasteiger partial charge >= 0.3 is 6.01 Å². The topological polar surface area (TPSA) is 138 Å². The molecule has 3 aromatic carbocycles. The maximum atomic E-state index is 15.9. The average molecular weight is 1020 g/mol. The van der Waals surface area contributed by atoms with E-state index in [9.17, 15) is 9.59 Å². The Morgan fingerprint density at radius 1 is 0.959 bits per heavy atom. The number of likely N-dealkylation sites (N-methyl/N-ethyl adjacent to an activating group) is 1. The fourth-order valence-electron chi connectivity index (χ4n) is 11.3. The molecule has 2 aromatic heterocycles. The Balaban J connectivity index is 0.000000660. The summed E-state index contributed by atoms with van der Waals surface area (Å²) in [7, 11) is 1.98. The molecular weight excluding hydrogens is 932 g/mol. The minimum Gasteiger partial charge on any atom is -0.486 e. The predicted molar refractivity (Wildman–Crippen MR) is 294 cm³/mol. The number of ketones is 1. The SMILES string of the molecule is CC.CC(=O)C1CCCN1C(=O)C(C(C)C)N(C)/C=C(/c1ccc(COc2c(-c3c(C)c(F)cc4[nH]ncc34)c(C3CC3)cc3c(C(C)C)nc(OC4CCOCC4)nc23)cc1)N1CCC1.CCC1C[C@H](C)CN1. The highest BCUT2D eigenvalue weighted by Crippen LogP contribution is 2.53. The van der Waals surface area contributed by atoms with Gasteiger partial charge in [-0.2, -0.15) is 15.1 Å². The Labute approximate surface area is 439 Å². The van der Waals surface area contributed by atoms with Crippen LogP contribution in [0.2, 0.25) is 0 Å². The minimum atomic E-state index is -0.410. The van der Waals surface area contributed by atoms with E-state index in [0.29, 0.717) is 48.1 Å². The first-order chi connectivity index (χ1) is 35.7. The van der Waals surface area contributed by atoms with Crippen LogP contribution in [0, 0.1) is 24.6 Å². The molecule has 0 bridgehead atoms. The maximum Gasteiger partial charge on any atom is 0.317 e. The van der Waals surface area contributed by atoms with E-state index >= 15 is 4.39 Å². The van der Waals surface area contributed by atoms with Crippen LogP contribution in [0.4, 0.5) is 4.39 Å². The second kappa shape index (κ2) is 24.4. The number of nitrogens with one attached hydrogen (secondary N) is 2. The smallest absolute Gasteiger partial charge is 0.317 e. The van der Waals surface area contributed by atoms with Gasteiger partial charge in [0.2, 0.25) is 5.91 Å². The number of rotatable bonds is 16. The Morgan fingerprint density at radius 3 is 2.28 bits per heavy atom. The first kappa shape index (κ1) is 54.7. The Morgan fingerprint density at radius 2 is 1.69 bits per heavy atom. The van der Waals surface area contributed by atoms with Crippen LogP contribution < -0.4 is 14.8 Å².